The average Bonchev–Trinajstić information content (AvgIpc) is 2.77. The number of anilines is 1. The predicted octanol–water partition coefficient (Wildman–Crippen LogP) is 2.63. The number of rotatable bonds is 4. The zero-order chi connectivity index (χ0) is 20.5. The predicted molar refractivity (Wildman–Crippen MR) is 117 cm³/mol. The van der Waals surface area contributed by atoms with E-state index in [-0.39, 0.29) is 17.9 Å². The normalized spacial score (nSPS) is 14.0. The van der Waals surface area contributed by atoms with Gasteiger partial charge in [0.25, 0.3) is 0 Å². The Balaban J connectivity index is 1.35. The van der Waals surface area contributed by atoms with E-state index < -0.39 is 0 Å². The SMILES string of the molecule is O=C(NNC(=S)NCc1ccccc1)C1CCN(C(=O)Nc2ccccc2)CC1. The Bertz CT molecular complexity index is 823. The summed E-state index contributed by atoms with van der Waals surface area (Å²) in [7, 11) is 0. The lowest BCUT2D eigenvalue weighted by atomic mass is 9.96. The van der Waals surface area contributed by atoms with E-state index in [0.29, 0.717) is 37.6 Å². The third kappa shape index (κ3) is 6.46. The van der Waals surface area contributed by atoms with Gasteiger partial charge >= 0.3 is 6.03 Å². The molecule has 1 aliphatic heterocycles. The van der Waals surface area contributed by atoms with Crippen molar-refractivity contribution >= 4 is 35.0 Å². The lowest BCUT2D eigenvalue weighted by molar-refractivity contribution is -0.126. The molecular weight excluding hydrogens is 386 g/mol. The summed E-state index contributed by atoms with van der Waals surface area (Å²) in [5.74, 6) is -0.267. The number of carbonyl (C=O) groups excluding carboxylic acids is 2. The minimum atomic E-state index is -0.153. The van der Waals surface area contributed by atoms with Crippen molar-refractivity contribution < 1.29 is 9.59 Å². The molecule has 29 heavy (non-hydrogen) atoms. The molecule has 0 spiro atoms. The molecule has 1 saturated heterocycles. The number of carbonyl (C=O) groups is 2. The molecular formula is C21H25N5O2S. The number of hydrogen-bond donors (Lipinski definition) is 4. The van der Waals surface area contributed by atoms with E-state index >= 15 is 0 Å². The van der Waals surface area contributed by atoms with Crippen molar-refractivity contribution in [3.8, 4) is 0 Å². The smallest absolute Gasteiger partial charge is 0.321 e. The average molecular weight is 412 g/mol. The van der Waals surface area contributed by atoms with Crippen molar-refractivity contribution in [2.75, 3.05) is 18.4 Å². The number of nitrogens with zero attached hydrogens (tertiary/aromatic N) is 1. The highest BCUT2D eigenvalue weighted by molar-refractivity contribution is 7.80. The molecule has 1 aliphatic rings. The van der Waals surface area contributed by atoms with Gasteiger partial charge in [0.1, 0.15) is 0 Å². The second-order valence-corrected chi connectivity index (χ2v) is 7.25. The van der Waals surface area contributed by atoms with Gasteiger partial charge in [-0.25, -0.2) is 4.79 Å². The van der Waals surface area contributed by atoms with Crippen LogP contribution in [0.1, 0.15) is 18.4 Å². The fourth-order valence-corrected chi connectivity index (χ4v) is 3.23. The Labute approximate surface area is 175 Å². The second kappa shape index (κ2) is 10.4. The highest BCUT2D eigenvalue weighted by Crippen LogP contribution is 2.18. The molecule has 2 aromatic rings. The first-order valence-electron chi connectivity index (χ1n) is 9.60. The van der Waals surface area contributed by atoms with Gasteiger partial charge in [0.15, 0.2) is 5.11 Å². The van der Waals surface area contributed by atoms with Crippen molar-refractivity contribution in [2.24, 2.45) is 5.92 Å². The first kappa shape index (κ1) is 20.6. The maximum Gasteiger partial charge on any atom is 0.321 e. The lowest BCUT2D eigenvalue weighted by Crippen LogP contribution is -2.50. The van der Waals surface area contributed by atoms with Crippen molar-refractivity contribution in [3.05, 3.63) is 66.2 Å². The molecule has 0 bridgehead atoms. The Morgan fingerprint density at radius 3 is 2.21 bits per heavy atom. The molecule has 8 heteroatoms. The van der Waals surface area contributed by atoms with Gasteiger partial charge in [-0.05, 0) is 42.8 Å². The number of likely N-dealkylation sites (tertiary alicyclic amines) is 1. The minimum absolute atomic E-state index is 0.114. The molecule has 0 saturated carbocycles. The molecule has 3 amide bonds. The fraction of sp³-hybridized carbons (Fsp3) is 0.286. The topological polar surface area (TPSA) is 85.5 Å². The van der Waals surface area contributed by atoms with Crippen LogP contribution in [0, 0.1) is 5.92 Å². The summed E-state index contributed by atoms with van der Waals surface area (Å²) < 4.78 is 0. The van der Waals surface area contributed by atoms with Crippen molar-refractivity contribution in [2.45, 2.75) is 19.4 Å². The van der Waals surface area contributed by atoms with Gasteiger partial charge in [0.2, 0.25) is 5.91 Å². The Morgan fingerprint density at radius 2 is 1.55 bits per heavy atom. The van der Waals surface area contributed by atoms with E-state index in [9.17, 15) is 9.59 Å². The molecule has 1 fully saturated rings. The number of urea groups is 1. The van der Waals surface area contributed by atoms with E-state index in [1.165, 1.54) is 0 Å². The summed E-state index contributed by atoms with van der Waals surface area (Å²) >= 11 is 5.19. The largest absolute Gasteiger partial charge is 0.357 e. The molecule has 152 valence electrons. The van der Waals surface area contributed by atoms with Crippen LogP contribution in [0.3, 0.4) is 0 Å². The third-order valence-corrected chi connectivity index (χ3v) is 5.02. The summed E-state index contributed by atoms with van der Waals surface area (Å²) in [5, 5.41) is 6.28. The number of hydrogen-bond acceptors (Lipinski definition) is 3. The van der Waals surface area contributed by atoms with Crippen molar-refractivity contribution in [1.82, 2.24) is 21.1 Å². The molecule has 0 aromatic heterocycles. The number of nitrogens with one attached hydrogen (secondary N) is 4. The van der Waals surface area contributed by atoms with Crippen LogP contribution in [0.15, 0.2) is 60.7 Å². The Kier molecular flexibility index (Phi) is 7.40. The van der Waals surface area contributed by atoms with Crippen LogP contribution in [0.4, 0.5) is 10.5 Å². The van der Waals surface area contributed by atoms with Crippen LogP contribution >= 0.6 is 12.2 Å². The fourth-order valence-electron chi connectivity index (χ4n) is 3.11. The summed E-state index contributed by atoms with van der Waals surface area (Å²) in [6.45, 7) is 1.65. The minimum Gasteiger partial charge on any atom is -0.357 e. The first-order valence-corrected chi connectivity index (χ1v) is 10.0. The summed E-state index contributed by atoms with van der Waals surface area (Å²) in [4.78, 5) is 26.4. The van der Waals surface area contributed by atoms with Gasteiger partial charge in [0.05, 0.1) is 0 Å². The van der Waals surface area contributed by atoms with Crippen LogP contribution in [-0.2, 0) is 11.3 Å². The van der Waals surface area contributed by atoms with Gasteiger partial charge in [-0.3, -0.25) is 15.6 Å². The maximum atomic E-state index is 12.4. The first-order chi connectivity index (χ1) is 14.1. The Morgan fingerprint density at radius 1 is 0.931 bits per heavy atom. The number of amides is 3. The van der Waals surface area contributed by atoms with Crippen LogP contribution in [0.2, 0.25) is 0 Å². The van der Waals surface area contributed by atoms with Gasteiger partial charge < -0.3 is 15.5 Å². The van der Waals surface area contributed by atoms with Gasteiger partial charge in [-0.1, -0.05) is 48.5 Å². The van der Waals surface area contributed by atoms with E-state index in [1.54, 1.807) is 4.90 Å². The highest BCUT2D eigenvalue weighted by Gasteiger charge is 2.27. The number of benzene rings is 2. The maximum absolute atomic E-state index is 12.4. The number of hydrazine groups is 1. The zero-order valence-electron chi connectivity index (χ0n) is 16.1. The molecule has 0 aliphatic carbocycles. The summed E-state index contributed by atoms with van der Waals surface area (Å²) in [6, 6.07) is 19.1. The van der Waals surface area contributed by atoms with Gasteiger partial charge in [-0.15, -0.1) is 0 Å². The number of para-hydroxylation sites is 1. The Hall–Kier alpha value is -3.13. The van der Waals surface area contributed by atoms with Crippen LogP contribution in [-0.4, -0.2) is 35.0 Å². The molecule has 7 nitrogen and oxygen atoms in total. The molecule has 2 aromatic carbocycles. The van der Waals surface area contributed by atoms with Crippen molar-refractivity contribution in [1.29, 1.82) is 0 Å². The molecule has 4 N–H and O–H groups in total. The van der Waals surface area contributed by atoms with Crippen LogP contribution < -0.4 is 21.5 Å². The number of piperidine rings is 1. The zero-order valence-corrected chi connectivity index (χ0v) is 16.9. The van der Waals surface area contributed by atoms with Gasteiger partial charge in [-0.2, -0.15) is 0 Å². The second-order valence-electron chi connectivity index (χ2n) is 6.84. The molecule has 0 atom stereocenters. The molecule has 0 radical (unpaired) electrons. The molecule has 3 rings (SSSR count). The van der Waals surface area contributed by atoms with E-state index in [1.807, 2.05) is 60.7 Å². The van der Waals surface area contributed by atoms with Crippen molar-refractivity contribution in [3.63, 3.8) is 0 Å². The standard InChI is InChI=1S/C21H25N5O2S/c27-19(24-25-20(29)22-15-16-7-3-1-4-8-16)17-11-13-26(14-12-17)21(28)23-18-9-5-2-6-10-18/h1-10,17H,11-15H2,(H,23,28)(H,24,27)(H2,22,25,29). The quantitative estimate of drug-likeness (QED) is 0.459. The highest BCUT2D eigenvalue weighted by atomic mass is 32.1. The van der Waals surface area contributed by atoms with Crippen LogP contribution in [0.25, 0.3) is 0 Å². The molecule has 1 heterocycles. The lowest BCUT2D eigenvalue weighted by Gasteiger charge is -2.31. The summed E-state index contributed by atoms with van der Waals surface area (Å²) in [5.41, 5.74) is 7.27. The van der Waals surface area contributed by atoms with E-state index in [4.69, 9.17) is 12.2 Å². The monoisotopic (exact) mass is 411 g/mol. The van der Waals surface area contributed by atoms with E-state index in [2.05, 4.69) is 21.5 Å². The summed E-state index contributed by atoms with van der Waals surface area (Å²) in [6.07, 6.45) is 1.22. The van der Waals surface area contributed by atoms with Crippen LogP contribution in [0.5, 0.6) is 0 Å². The third-order valence-electron chi connectivity index (χ3n) is 4.77. The number of thiocarbonyl (C=S) groups is 1. The van der Waals surface area contributed by atoms with Gasteiger partial charge in [0, 0.05) is 31.2 Å². The molecule has 0 unspecified atom stereocenters. The van der Waals surface area contributed by atoms with E-state index in [0.717, 1.165) is 11.3 Å².